The molecule has 0 bridgehead atoms. The average Bonchev–Trinajstić information content (AvgIpc) is 1.86. The summed E-state index contributed by atoms with van der Waals surface area (Å²) in [6.45, 7) is 0.888. The minimum absolute atomic E-state index is 0. The van der Waals surface area contributed by atoms with Crippen molar-refractivity contribution in [3.05, 3.63) is 0 Å². The zero-order valence-corrected chi connectivity index (χ0v) is 5.25. The van der Waals surface area contributed by atoms with Gasteiger partial charge in [-0.3, -0.25) is 4.79 Å². The fourth-order valence-electron chi connectivity index (χ4n) is 0.565. The lowest BCUT2D eigenvalue weighted by atomic mass is 10.4. The first-order valence-corrected chi connectivity index (χ1v) is 2.16. The van der Waals surface area contributed by atoms with Gasteiger partial charge in [0.15, 0.2) is 0 Å². The van der Waals surface area contributed by atoms with Gasteiger partial charge in [0, 0.05) is 13.0 Å². The van der Waals surface area contributed by atoms with Gasteiger partial charge < -0.3 is 10.8 Å². The summed E-state index contributed by atoms with van der Waals surface area (Å²) < 4.78 is 0. The van der Waals surface area contributed by atoms with Gasteiger partial charge in [0.05, 0.1) is 0 Å². The van der Waals surface area contributed by atoms with Gasteiger partial charge in [-0.15, -0.1) is 12.4 Å². The van der Waals surface area contributed by atoms with Gasteiger partial charge in [-0.25, -0.2) is 0 Å². The molecule has 50 valence electrons. The predicted octanol–water partition coefficient (Wildman–Crippen LogP) is -0.507. The summed E-state index contributed by atoms with van der Waals surface area (Å²) in [5.41, 5.74) is 0. The molecule has 4 heteroatoms. The molecule has 3 N–H and O–H groups in total. The van der Waals surface area contributed by atoms with E-state index in [-0.39, 0.29) is 23.8 Å². The van der Waals surface area contributed by atoms with Crippen molar-refractivity contribution in [1.29, 1.82) is 0 Å². The maximum Gasteiger partial charge on any atom is 0.220 e. The fourth-order valence-corrected chi connectivity index (χ4v) is 0.565. The lowest BCUT2D eigenvalue weighted by Crippen LogP contribution is -2.12. The van der Waals surface area contributed by atoms with E-state index in [0.717, 1.165) is 19.4 Å². The summed E-state index contributed by atoms with van der Waals surface area (Å²) in [4.78, 5) is 10.1. The zero-order chi connectivity index (χ0) is 4.41. The van der Waals surface area contributed by atoms with E-state index in [9.17, 15) is 4.79 Å². The standard InChI is InChI=1S/C4H7NO.ClH.H2O/c6-4-2-1-3-5-4;;/h1-3H2,(H,5,6);1H;1H2. The van der Waals surface area contributed by atoms with Crippen molar-refractivity contribution in [2.75, 3.05) is 6.54 Å². The number of hydrogen-bond acceptors (Lipinski definition) is 1. The second-order valence-electron chi connectivity index (χ2n) is 1.45. The fraction of sp³-hybridized carbons (Fsp3) is 0.750. The Kier molecular flexibility index (Phi) is 6.48. The van der Waals surface area contributed by atoms with Crippen molar-refractivity contribution in [3.63, 3.8) is 0 Å². The molecule has 3 nitrogen and oxygen atoms in total. The van der Waals surface area contributed by atoms with E-state index >= 15 is 0 Å². The van der Waals surface area contributed by atoms with Gasteiger partial charge >= 0.3 is 0 Å². The zero-order valence-electron chi connectivity index (χ0n) is 4.44. The molecule has 0 aliphatic carbocycles. The molecule has 8 heavy (non-hydrogen) atoms. The second kappa shape index (κ2) is 4.87. The number of hydrogen-bond donors (Lipinski definition) is 1. The molecular formula is C4H10ClNO2. The van der Waals surface area contributed by atoms with Gasteiger partial charge in [0.1, 0.15) is 0 Å². The quantitative estimate of drug-likeness (QED) is 0.483. The highest BCUT2D eigenvalue weighted by Crippen LogP contribution is 1.93. The Labute approximate surface area is 54.2 Å². The Hall–Kier alpha value is -0.280. The molecule has 1 rings (SSSR count). The van der Waals surface area contributed by atoms with Crippen LogP contribution >= 0.6 is 12.4 Å². The molecule has 0 radical (unpaired) electrons. The summed E-state index contributed by atoms with van der Waals surface area (Å²) in [6.07, 6.45) is 1.76. The molecule has 1 saturated heterocycles. The maximum absolute atomic E-state index is 10.1. The molecule has 1 aliphatic rings. The molecule has 0 aromatic carbocycles. The summed E-state index contributed by atoms with van der Waals surface area (Å²) in [6, 6.07) is 0. The van der Waals surface area contributed by atoms with Crippen molar-refractivity contribution in [3.8, 4) is 0 Å². The molecule has 0 aromatic heterocycles. The Bertz CT molecular complexity index is 68.4. The van der Waals surface area contributed by atoms with Crippen LogP contribution in [0.25, 0.3) is 0 Å². The summed E-state index contributed by atoms with van der Waals surface area (Å²) in [7, 11) is 0. The van der Waals surface area contributed by atoms with Gasteiger partial charge in [-0.2, -0.15) is 0 Å². The summed E-state index contributed by atoms with van der Waals surface area (Å²) in [5, 5.41) is 2.68. The van der Waals surface area contributed by atoms with E-state index in [1.165, 1.54) is 0 Å². The van der Waals surface area contributed by atoms with E-state index in [0.29, 0.717) is 0 Å². The van der Waals surface area contributed by atoms with E-state index < -0.39 is 0 Å². The molecule has 0 unspecified atom stereocenters. The number of carbonyl (C=O) groups excluding carboxylic acids is 1. The van der Waals surface area contributed by atoms with Crippen LogP contribution in [0.4, 0.5) is 0 Å². The van der Waals surface area contributed by atoms with Crippen LogP contribution in [0, 0.1) is 0 Å². The minimum atomic E-state index is 0. The second-order valence-corrected chi connectivity index (χ2v) is 1.45. The van der Waals surface area contributed by atoms with E-state index in [1.54, 1.807) is 0 Å². The van der Waals surface area contributed by atoms with E-state index in [2.05, 4.69) is 5.32 Å². The van der Waals surface area contributed by atoms with Crippen LogP contribution < -0.4 is 5.32 Å². The molecule has 0 spiro atoms. The van der Waals surface area contributed by atoms with Crippen molar-refractivity contribution in [1.82, 2.24) is 5.32 Å². The Balaban J connectivity index is 0. The van der Waals surface area contributed by atoms with Crippen LogP contribution in [0.15, 0.2) is 0 Å². The first-order valence-electron chi connectivity index (χ1n) is 2.16. The molecule has 1 fully saturated rings. The first-order chi connectivity index (χ1) is 2.89. The Morgan fingerprint density at radius 2 is 2.12 bits per heavy atom. The van der Waals surface area contributed by atoms with Crippen LogP contribution in [0.5, 0.6) is 0 Å². The molecule has 0 atom stereocenters. The van der Waals surface area contributed by atoms with Gasteiger partial charge in [-0.1, -0.05) is 0 Å². The average molecular weight is 140 g/mol. The van der Waals surface area contributed by atoms with Crippen LogP contribution in [-0.4, -0.2) is 17.9 Å². The topological polar surface area (TPSA) is 60.6 Å². The van der Waals surface area contributed by atoms with E-state index in [4.69, 9.17) is 0 Å². The van der Waals surface area contributed by atoms with Crippen molar-refractivity contribution >= 4 is 18.3 Å². The van der Waals surface area contributed by atoms with Crippen LogP contribution in [0.1, 0.15) is 12.8 Å². The molecular weight excluding hydrogens is 130 g/mol. The molecule has 0 saturated carbocycles. The lowest BCUT2D eigenvalue weighted by Gasteiger charge is -1.80. The highest BCUT2D eigenvalue weighted by Gasteiger charge is 2.05. The van der Waals surface area contributed by atoms with E-state index in [1.807, 2.05) is 0 Å². The minimum Gasteiger partial charge on any atom is -0.412 e. The molecule has 1 amide bonds. The van der Waals surface area contributed by atoms with Crippen LogP contribution in [0.3, 0.4) is 0 Å². The number of carbonyl (C=O) groups is 1. The summed E-state index contributed by atoms with van der Waals surface area (Å²) >= 11 is 0. The Morgan fingerprint density at radius 1 is 1.50 bits per heavy atom. The van der Waals surface area contributed by atoms with Crippen LogP contribution in [-0.2, 0) is 4.79 Å². The molecule has 1 heterocycles. The highest BCUT2D eigenvalue weighted by molar-refractivity contribution is 5.85. The smallest absolute Gasteiger partial charge is 0.220 e. The number of nitrogens with one attached hydrogen (secondary N) is 1. The van der Waals surface area contributed by atoms with Crippen LogP contribution in [0.2, 0.25) is 0 Å². The van der Waals surface area contributed by atoms with Crippen molar-refractivity contribution < 1.29 is 10.3 Å². The third kappa shape index (κ3) is 2.82. The first kappa shape index (κ1) is 10.7. The lowest BCUT2D eigenvalue weighted by molar-refractivity contribution is -0.119. The van der Waals surface area contributed by atoms with Crippen molar-refractivity contribution in [2.24, 2.45) is 0 Å². The normalized spacial score (nSPS) is 15.8. The Morgan fingerprint density at radius 3 is 2.25 bits per heavy atom. The molecule has 1 aliphatic heterocycles. The SMILES string of the molecule is Cl.O.O=C1CCCN1. The van der Waals surface area contributed by atoms with Gasteiger partial charge in [0.25, 0.3) is 0 Å². The highest BCUT2D eigenvalue weighted by atomic mass is 35.5. The number of halogens is 1. The predicted molar refractivity (Wildman–Crippen MR) is 33.1 cm³/mol. The third-order valence-corrected chi connectivity index (χ3v) is 0.903. The third-order valence-electron chi connectivity index (χ3n) is 0.903. The van der Waals surface area contributed by atoms with Gasteiger partial charge in [-0.05, 0) is 6.42 Å². The maximum atomic E-state index is 10.1. The van der Waals surface area contributed by atoms with Gasteiger partial charge in [0.2, 0.25) is 5.91 Å². The summed E-state index contributed by atoms with van der Waals surface area (Å²) in [5.74, 6) is 0.204. The number of rotatable bonds is 0. The largest absolute Gasteiger partial charge is 0.412 e. The van der Waals surface area contributed by atoms with Crippen molar-refractivity contribution in [2.45, 2.75) is 12.8 Å². The number of amides is 1. The monoisotopic (exact) mass is 139 g/mol. The molecule has 0 aromatic rings.